The molecule has 0 saturated heterocycles. The molecular formula is C13H22O. The van der Waals surface area contributed by atoms with Crippen molar-refractivity contribution in [3.05, 3.63) is 23.5 Å². The molecule has 0 aliphatic carbocycles. The van der Waals surface area contributed by atoms with Gasteiger partial charge >= 0.3 is 0 Å². The summed E-state index contributed by atoms with van der Waals surface area (Å²) in [7, 11) is 0. The lowest BCUT2D eigenvalue weighted by Crippen LogP contribution is -2.19. The van der Waals surface area contributed by atoms with Gasteiger partial charge in [-0.15, -0.1) is 0 Å². The Morgan fingerprint density at radius 1 is 1.00 bits per heavy atom. The Balaban J connectivity index is 2.95. The molecule has 0 saturated carbocycles. The monoisotopic (exact) mass is 194 g/mol. The van der Waals surface area contributed by atoms with Gasteiger partial charge in [-0.05, 0) is 23.1 Å². The minimum atomic E-state index is 0.116. The van der Waals surface area contributed by atoms with Gasteiger partial charge in [0, 0.05) is 5.41 Å². The van der Waals surface area contributed by atoms with Gasteiger partial charge in [0.25, 0.3) is 0 Å². The van der Waals surface area contributed by atoms with Gasteiger partial charge in [0.1, 0.15) is 12.4 Å². The van der Waals surface area contributed by atoms with Gasteiger partial charge in [-0.2, -0.15) is 0 Å². The molecule has 1 aliphatic rings. The number of rotatable bonds is 0. The second-order valence-electron chi connectivity index (χ2n) is 5.98. The highest BCUT2D eigenvalue weighted by molar-refractivity contribution is 5.30. The zero-order chi connectivity index (χ0) is 11.0. The molecule has 0 aromatic rings. The number of hydrogen-bond acceptors (Lipinski definition) is 1. The predicted octanol–water partition coefficient (Wildman–Crippen LogP) is 3.92. The van der Waals surface area contributed by atoms with E-state index in [0.29, 0.717) is 0 Å². The van der Waals surface area contributed by atoms with Crippen LogP contribution in [0.2, 0.25) is 0 Å². The topological polar surface area (TPSA) is 9.23 Å². The summed E-state index contributed by atoms with van der Waals surface area (Å²) in [5.41, 5.74) is 1.72. The third-order valence-electron chi connectivity index (χ3n) is 2.43. The largest absolute Gasteiger partial charge is 0.493 e. The standard InChI is InChI=1S/C13H22O/c1-12(2,3)10-7-8-14-11(9-10)13(4,5)6/h7,9H,8H2,1-6H3. The summed E-state index contributed by atoms with van der Waals surface area (Å²) in [6.45, 7) is 14.0. The Morgan fingerprint density at radius 2 is 1.57 bits per heavy atom. The summed E-state index contributed by atoms with van der Waals surface area (Å²) in [5.74, 6) is 1.10. The van der Waals surface area contributed by atoms with E-state index in [1.165, 1.54) is 5.57 Å². The van der Waals surface area contributed by atoms with E-state index in [9.17, 15) is 0 Å². The van der Waals surface area contributed by atoms with Crippen molar-refractivity contribution in [2.24, 2.45) is 10.8 Å². The Kier molecular flexibility index (Phi) is 2.80. The molecule has 1 nitrogen and oxygen atoms in total. The molecule has 0 N–H and O–H groups in total. The van der Waals surface area contributed by atoms with Crippen molar-refractivity contribution < 1.29 is 4.74 Å². The lowest BCUT2D eigenvalue weighted by atomic mass is 9.82. The molecule has 1 aliphatic heterocycles. The third kappa shape index (κ3) is 2.63. The fourth-order valence-corrected chi connectivity index (χ4v) is 1.42. The minimum absolute atomic E-state index is 0.116. The van der Waals surface area contributed by atoms with Crippen LogP contribution >= 0.6 is 0 Å². The summed E-state index contributed by atoms with van der Waals surface area (Å²) in [6, 6.07) is 0. The fraction of sp³-hybridized carbons (Fsp3) is 0.692. The quantitative estimate of drug-likeness (QED) is 0.568. The van der Waals surface area contributed by atoms with E-state index in [2.05, 4.69) is 53.7 Å². The van der Waals surface area contributed by atoms with Gasteiger partial charge < -0.3 is 4.74 Å². The number of hydrogen-bond donors (Lipinski definition) is 0. The molecule has 0 aromatic heterocycles. The lowest BCUT2D eigenvalue weighted by molar-refractivity contribution is 0.169. The van der Waals surface area contributed by atoms with Crippen molar-refractivity contribution in [2.45, 2.75) is 41.5 Å². The molecule has 0 aromatic carbocycles. The molecule has 0 amide bonds. The Morgan fingerprint density at radius 3 is 2.00 bits per heavy atom. The zero-order valence-corrected chi connectivity index (χ0v) is 10.3. The summed E-state index contributed by atoms with van der Waals surface area (Å²) in [6.07, 6.45) is 4.37. The Hall–Kier alpha value is -0.720. The molecule has 0 spiro atoms. The minimum Gasteiger partial charge on any atom is -0.493 e. The van der Waals surface area contributed by atoms with E-state index in [-0.39, 0.29) is 10.8 Å². The van der Waals surface area contributed by atoms with Crippen LogP contribution in [0.15, 0.2) is 23.5 Å². The average molecular weight is 194 g/mol. The van der Waals surface area contributed by atoms with Gasteiger partial charge in [-0.1, -0.05) is 41.5 Å². The van der Waals surface area contributed by atoms with Crippen molar-refractivity contribution in [1.82, 2.24) is 0 Å². The molecule has 1 heteroatoms. The Labute approximate surface area is 87.8 Å². The normalized spacial score (nSPS) is 18.4. The molecule has 0 atom stereocenters. The maximum atomic E-state index is 5.65. The van der Waals surface area contributed by atoms with E-state index in [4.69, 9.17) is 4.74 Å². The van der Waals surface area contributed by atoms with Gasteiger partial charge in [-0.25, -0.2) is 0 Å². The molecular weight excluding hydrogens is 172 g/mol. The van der Waals surface area contributed by atoms with E-state index in [1.54, 1.807) is 0 Å². The van der Waals surface area contributed by atoms with Crippen molar-refractivity contribution in [3.8, 4) is 0 Å². The highest BCUT2D eigenvalue weighted by Crippen LogP contribution is 2.35. The molecule has 0 fully saturated rings. The first-order valence-electron chi connectivity index (χ1n) is 5.27. The molecule has 0 bridgehead atoms. The van der Waals surface area contributed by atoms with Crippen LogP contribution in [0.25, 0.3) is 0 Å². The maximum Gasteiger partial charge on any atom is 0.107 e. The number of allylic oxidation sites excluding steroid dienone is 3. The second kappa shape index (κ2) is 3.45. The second-order valence-corrected chi connectivity index (χ2v) is 5.98. The van der Waals surface area contributed by atoms with Crippen molar-refractivity contribution in [3.63, 3.8) is 0 Å². The van der Waals surface area contributed by atoms with Gasteiger partial charge in [0.05, 0.1) is 0 Å². The fourth-order valence-electron chi connectivity index (χ4n) is 1.42. The van der Waals surface area contributed by atoms with Gasteiger partial charge in [0.2, 0.25) is 0 Å². The van der Waals surface area contributed by atoms with E-state index in [0.717, 1.165) is 12.4 Å². The van der Waals surface area contributed by atoms with Crippen LogP contribution in [-0.4, -0.2) is 6.61 Å². The van der Waals surface area contributed by atoms with Crippen LogP contribution in [0.4, 0.5) is 0 Å². The van der Waals surface area contributed by atoms with Crippen LogP contribution in [0.3, 0.4) is 0 Å². The summed E-state index contributed by atoms with van der Waals surface area (Å²) in [5, 5.41) is 0. The van der Waals surface area contributed by atoms with E-state index in [1.807, 2.05) is 0 Å². The number of ether oxygens (including phenoxy) is 1. The highest BCUT2D eigenvalue weighted by atomic mass is 16.5. The van der Waals surface area contributed by atoms with E-state index < -0.39 is 0 Å². The molecule has 14 heavy (non-hydrogen) atoms. The summed E-state index contributed by atoms with van der Waals surface area (Å²) in [4.78, 5) is 0. The van der Waals surface area contributed by atoms with Crippen LogP contribution in [0.1, 0.15) is 41.5 Å². The van der Waals surface area contributed by atoms with Crippen LogP contribution < -0.4 is 0 Å². The van der Waals surface area contributed by atoms with Gasteiger partial charge in [-0.3, -0.25) is 0 Å². The van der Waals surface area contributed by atoms with Crippen molar-refractivity contribution in [1.29, 1.82) is 0 Å². The maximum absolute atomic E-state index is 5.65. The third-order valence-corrected chi connectivity index (χ3v) is 2.43. The molecule has 0 unspecified atom stereocenters. The first-order chi connectivity index (χ1) is 6.21. The Bertz CT molecular complexity index is 269. The lowest BCUT2D eigenvalue weighted by Gasteiger charge is -2.30. The van der Waals surface area contributed by atoms with Gasteiger partial charge in [0.15, 0.2) is 0 Å². The average Bonchev–Trinajstić information content (AvgIpc) is 2.01. The molecule has 1 rings (SSSR count). The smallest absolute Gasteiger partial charge is 0.107 e. The predicted molar refractivity (Wildman–Crippen MR) is 61.0 cm³/mol. The zero-order valence-electron chi connectivity index (χ0n) is 10.3. The van der Waals surface area contributed by atoms with E-state index >= 15 is 0 Å². The molecule has 0 radical (unpaired) electrons. The summed E-state index contributed by atoms with van der Waals surface area (Å²) < 4.78 is 5.65. The SMILES string of the molecule is CC(C)(C)C1=CCOC(C(C)(C)C)=C1. The molecule has 80 valence electrons. The molecule has 1 heterocycles. The van der Waals surface area contributed by atoms with Crippen LogP contribution in [0, 0.1) is 10.8 Å². The highest BCUT2D eigenvalue weighted by Gasteiger charge is 2.24. The van der Waals surface area contributed by atoms with Crippen molar-refractivity contribution >= 4 is 0 Å². The summed E-state index contributed by atoms with van der Waals surface area (Å²) >= 11 is 0. The van der Waals surface area contributed by atoms with Crippen LogP contribution in [0.5, 0.6) is 0 Å². The first kappa shape index (κ1) is 11.4. The van der Waals surface area contributed by atoms with Crippen LogP contribution in [-0.2, 0) is 4.74 Å². The first-order valence-corrected chi connectivity index (χ1v) is 5.27. The van der Waals surface area contributed by atoms with Crippen molar-refractivity contribution in [2.75, 3.05) is 6.61 Å².